The number of rotatable bonds is 3. The number of urea groups is 1. The molecule has 0 aromatic carbocycles. The molecule has 0 aliphatic carbocycles. The molecule has 0 spiro atoms. The monoisotopic (exact) mass is 304 g/mol. The summed E-state index contributed by atoms with van der Waals surface area (Å²) in [7, 11) is 1.59. The van der Waals surface area contributed by atoms with Crippen molar-refractivity contribution in [2.75, 3.05) is 33.3 Å². The second kappa shape index (κ2) is 6.96. The Labute approximate surface area is 131 Å². The fourth-order valence-corrected chi connectivity index (χ4v) is 3.37. The number of carbonyl (C=O) groups excluding carboxylic acids is 1. The Kier molecular flexibility index (Phi) is 4.77. The molecule has 2 fully saturated rings. The number of hydrogen-bond acceptors (Lipinski definition) is 4. The first-order valence-corrected chi connectivity index (χ1v) is 8.02. The van der Waals surface area contributed by atoms with Gasteiger partial charge in [0.2, 0.25) is 5.88 Å². The molecule has 1 aromatic heterocycles. The van der Waals surface area contributed by atoms with Crippen LogP contribution in [0.3, 0.4) is 0 Å². The average Bonchev–Trinajstić information content (AvgIpc) is 2.59. The molecule has 0 saturated carbocycles. The van der Waals surface area contributed by atoms with Gasteiger partial charge in [-0.2, -0.15) is 0 Å². The van der Waals surface area contributed by atoms with E-state index >= 15 is 0 Å². The molecule has 120 valence electrons. The first-order valence-electron chi connectivity index (χ1n) is 8.02. The Morgan fingerprint density at radius 1 is 1.41 bits per heavy atom. The summed E-state index contributed by atoms with van der Waals surface area (Å²) in [6.45, 7) is 4.28. The maximum atomic E-state index is 12.4. The molecule has 2 saturated heterocycles. The summed E-state index contributed by atoms with van der Waals surface area (Å²) < 4.78 is 5.21. The molecular weight excluding hydrogens is 280 g/mol. The van der Waals surface area contributed by atoms with Crippen LogP contribution in [0.15, 0.2) is 18.3 Å². The van der Waals surface area contributed by atoms with Gasteiger partial charge in [0.1, 0.15) is 0 Å². The molecule has 0 unspecified atom stereocenters. The van der Waals surface area contributed by atoms with Gasteiger partial charge in [-0.3, -0.25) is 4.90 Å². The number of piperidine rings is 1. The maximum absolute atomic E-state index is 12.4. The van der Waals surface area contributed by atoms with Crippen LogP contribution in [0.1, 0.15) is 24.8 Å². The standard InChI is InChI=1S/C16H24N4O2/c1-22-15-13(5-4-7-17-15)11-18-16(21)20-10-9-19-8-3-2-6-14(19)12-20/h4-5,7,14H,2-3,6,8-12H2,1H3,(H,18,21)/t14-/m1/s1. The predicted molar refractivity (Wildman–Crippen MR) is 83.8 cm³/mol. The lowest BCUT2D eigenvalue weighted by Crippen LogP contribution is -2.57. The zero-order valence-electron chi connectivity index (χ0n) is 13.1. The molecule has 3 heterocycles. The van der Waals surface area contributed by atoms with Crippen molar-refractivity contribution in [3.63, 3.8) is 0 Å². The van der Waals surface area contributed by atoms with Gasteiger partial charge in [0, 0.05) is 44.0 Å². The number of fused-ring (bicyclic) bond motifs is 1. The van der Waals surface area contributed by atoms with Gasteiger partial charge in [0.25, 0.3) is 0 Å². The van der Waals surface area contributed by atoms with Gasteiger partial charge in [-0.15, -0.1) is 0 Å². The highest BCUT2D eigenvalue weighted by atomic mass is 16.5. The minimum Gasteiger partial charge on any atom is -0.481 e. The van der Waals surface area contributed by atoms with Crippen LogP contribution in [-0.4, -0.2) is 60.1 Å². The van der Waals surface area contributed by atoms with E-state index in [2.05, 4.69) is 15.2 Å². The third kappa shape index (κ3) is 3.32. The van der Waals surface area contributed by atoms with Gasteiger partial charge in [-0.25, -0.2) is 9.78 Å². The smallest absolute Gasteiger partial charge is 0.317 e. The van der Waals surface area contributed by atoms with Gasteiger partial charge in [-0.1, -0.05) is 12.5 Å². The molecule has 2 aliphatic heterocycles. The number of pyridine rings is 1. The molecular formula is C16H24N4O2. The SMILES string of the molecule is COc1ncccc1CNC(=O)N1CCN2CCCC[C@@H]2C1. The Bertz CT molecular complexity index is 523. The van der Waals surface area contributed by atoms with E-state index in [1.807, 2.05) is 17.0 Å². The summed E-state index contributed by atoms with van der Waals surface area (Å²) in [5, 5.41) is 2.99. The Morgan fingerprint density at radius 3 is 3.18 bits per heavy atom. The van der Waals surface area contributed by atoms with Crippen molar-refractivity contribution < 1.29 is 9.53 Å². The van der Waals surface area contributed by atoms with Crippen molar-refractivity contribution in [3.8, 4) is 5.88 Å². The Hall–Kier alpha value is -1.82. The van der Waals surface area contributed by atoms with E-state index in [0.29, 0.717) is 18.5 Å². The Balaban J connectivity index is 1.54. The van der Waals surface area contributed by atoms with Crippen molar-refractivity contribution in [1.29, 1.82) is 0 Å². The van der Waals surface area contributed by atoms with E-state index in [-0.39, 0.29) is 6.03 Å². The highest BCUT2D eigenvalue weighted by Crippen LogP contribution is 2.21. The van der Waals surface area contributed by atoms with Crippen molar-refractivity contribution in [1.82, 2.24) is 20.1 Å². The van der Waals surface area contributed by atoms with Crippen LogP contribution in [0.4, 0.5) is 4.79 Å². The number of methoxy groups -OCH3 is 1. The molecule has 3 rings (SSSR count). The predicted octanol–water partition coefficient (Wildman–Crippen LogP) is 1.47. The second-order valence-corrected chi connectivity index (χ2v) is 5.96. The number of amides is 2. The van der Waals surface area contributed by atoms with Crippen LogP contribution in [0.25, 0.3) is 0 Å². The molecule has 6 nitrogen and oxygen atoms in total. The largest absolute Gasteiger partial charge is 0.481 e. The van der Waals surface area contributed by atoms with Gasteiger partial charge in [0.15, 0.2) is 0 Å². The summed E-state index contributed by atoms with van der Waals surface area (Å²) in [6, 6.07) is 4.33. The zero-order chi connectivity index (χ0) is 15.4. The number of hydrogen-bond donors (Lipinski definition) is 1. The number of carbonyl (C=O) groups is 1. The van der Waals surface area contributed by atoms with Crippen LogP contribution >= 0.6 is 0 Å². The number of aromatic nitrogens is 1. The summed E-state index contributed by atoms with van der Waals surface area (Å²) in [4.78, 5) is 21.0. The molecule has 6 heteroatoms. The van der Waals surface area contributed by atoms with E-state index in [9.17, 15) is 4.79 Å². The Morgan fingerprint density at radius 2 is 2.32 bits per heavy atom. The summed E-state index contributed by atoms with van der Waals surface area (Å²) in [5.74, 6) is 0.569. The number of ether oxygens (including phenoxy) is 1. The lowest BCUT2D eigenvalue weighted by Gasteiger charge is -2.43. The third-order valence-corrected chi connectivity index (χ3v) is 4.60. The van der Waals surface area contributed by atoms with Gasteiger partial charge in [-0.05, 0) is 25.5 Å². The molecule has 1 atom stereocenters. The first kappa shape index (κ1) is 15.1. The van der Waals surface area contributed by atoms with E-state index in [1.165, 1.54) is 25.8 Å². The molecule has 1 N–H and O–H groups in total. The van der Waals surface area contributed by atoms with Crippen LogP contribution < -0.4 is 10.1 Å². The van der Waals surface area contributed by atoms with Crippen molar-refractivity contribution in [3.05, 3.63) is 23.9 Å². The highest BCUT2D eigenvalue weighted by Gasteiger charge is 2.30. The topological polar surface area (TPSA) is 57.7 Å². The summed E-state index contributed by atoms with van der Waals surface area (Å²) in [6.07, 6.45) is 5.47. The van der Waals surface area contributed by atoms with Gasteiger partial charge in [0.05, 0.1) is 7.11 Å². The minimum absolute atomic E-state index is 0.0103. The highest BCUT2D eigenvalue weighted by molar-refractivity contribution is 5.74. The fraction of sp³-hybridized carbons (Fsp3) is 0.625. The van der Waals surface area contributed by atoms with Gasteiger partial charge >= 0.3 is 6.03 Å². The first-order chi connectivity index (χ1) is 10.8. The molecule has 22 heavy (non-hydrogen) atoms. The lowest BCUT2D eigenvalue weighted by atomic mass is 10.00. The number of nitrogens with one attached hydrogen (secondary N) is 1. The summed E-state index contributed by atoms with van der Waals surface area (Å²) in [5.41, 5.74) is 0.898. The van der Waals surface area contributed by atoms with E-state index in [4.69, 9.17) is 4.74 Å². The number of nitrogens with zero attached hydrogens (tertiary/aromatic N) is 3. The van der Waals surface area contributed by atoms with E-state index < -0.39 is 0 Å². The maximum Gasteiger partial charge on any atom is 0.317 e. The van der Waals surface area contributed by atoms with Crippen molar-refractivity contribution in [2.45, 2.75) is 31.8 Å². The minimum atomic E-state index is 0.0103. The third-order valence-electron chi connectivity index (χ3n) is 4.60. The fourth-order valence-electron chi connectivity index (χ4n) is 3.37. The molecule has 2 amide bonds. The summed E-state index contributed by atoms with van der Waals surface area (Å²) >= 11 is 0. The van der Waals surface area contributed by atoms with Crippen LogP contribution in [0.2, 0.25) is 0 Å². The number of piperazine rings is 1. The quantitative estimate of drug-likeness (QED) is 0.919. The average molecular weight is 304 g/mol. The second-order valence-electron chi connectivity index (χ2n) is 5.96. The molecule has 2 aliphatic rings. The van der Waals surface area contributed by atoms with E-state index in [1.54, 1.807) is 13.3 Å². The van der Waals surface area contributed by atoms with Crippen LogP contribution in [0, 0.1) is 0 Å². The van der Waals surface area contributed by atoms with E-state index in [0.717, 1.165) is 25.2 Å². The zero-order valence-corrected chi connectivity index (χ0v) is 13.1. The molecule has 0 bridgehead atoms. The van der Waals surface area contributed by atoms with Crippen molar-refractivity contribution in [2.24, 2.45) is 0 Å². The van der Waals surface area contributed by atoms with Crippen LogP contribution in [0.5, 0.6) is 5.88 Å². The van der Waals surface area contributed by atoms with Crippen molar-refractivity contribution >= 4 is 6.03 Å². The van der Waals surface area contributed by atoms with Crippen LogP contribution in [-0.2, 0) is 6.54 Å². The lowest BCUT2D eigenvalue weighted by molar-refractivity contribution is 0.0642. The molecule has 0 radical (unpaired) electrons. The normalized spacial score (nSPS) is 22.0. The van der Waals surface area contributed by atoms with Gasteiger partial charge < -0.3 is 15.0 Å². The molecule has 1 aromatic rings.